The van der Waals surface area contributed by atoms with Gasteiger partial charge in [0, 0.05) is 12.1 Å². The summed E-state index contributed by atoms with van der Waals surface area (Å²) in [7, 11) is 0. The van der Waals surface area contributed by atoms with E-state index in [1.165, 1.54) is 0 Å². The third-order valence-corrected chi connectivity index (χ3v) is 2.75. The van der Waals surface area contributed by atoms with Crippen molar-refractivity contribution in [2.24, 2.45) is 0 Å². The Kier molecular flexibility index (Phi) is 2.67. The first kappa shape index (κ1) is 10.5. The van der Waals surface area contributed by atoms with Crippen molar-refractivity contribution < 1.29 is 4.79 Å². The predicted octanol–water partition coefficient (Wildman–Crippen LogP) is 3.09. The van der Waals surface area contributed by atoms with Crippen LogP contribution in [0.2, 0.25) is 5.28 Å². The molecule has 0 amide bonds. The summed E-state index contributed by atoms with van der Waals surface area (Å²) < 4.78 is 1.86. The number of imidazole rings is 1. The van der Waals surface area contributed by atoms with Crippen LogP contribution < -0.4 is 0 Å². The molecule has 0 aliphatic rings. The van der Waals surface area contributed by atoms with E-state index in [1.807, 2.05) is 11.5 Å². The van der Waals surface area contributed by atoms with Gasteiger partial charge < -0.3 is 4.57 Å². The van der Waals surface area contributed by atoms with Crippen LogP contribution >= 0.6 is 23.2 Å². The van der Waals surface area contributed by atoms with E-state index < -0.39 is 5.24 Å². The minimum absolute atomic E-state index is 0.423. The highest BCUT2D eigenvalue weighted by molar-refractivity contribution is 6.67. The number of nitrogens with zero attached hydrogens (tertiary/aromatic N) is 2. The second-order valence-corrected chi connectivity index (χ2v) is 3.78. The summed E-state index contributed by atoms with van der Waals surface area (Å²) >= 11 is 11.3. The number of fused-ring (bicyclic) bond motifs is 1. The predicted molar refractivity (Wildman–Crippen MR) is 60.6 cm³/mol. The van der Waals surface area contributed by atoms with Crippen LogP contribution in [-0.2, 0) is 6.54 Å². The van der Waals surface area contributed by atoms with Crippen molar-refractivity contribution in [3.8, 4) is 0 Å². The molecule has 0 radical (unpaired) electrons. The maximum Gasteiger partial charge on any atom is 0.252 e. The lowest BCUT2D eigenvalue weighted by Crippen LogP contribution is -1.93. The molecule has 78 valence electrons. The average Bonchev–Trinajstić information content (AvgIpc) is 2.51. The van der Waals surface area contributed by atoms with Gasteiger partial charge in [-0.25, -0.2) is 4.98 Å². The molecule has 1 heterocycles. The van der Waals surface area contributed by atoms with Crippen molar-refractivity contribution in [1.82, 2.24) is 9.55 Å². The highest BCUT2D eigenvalue weighted by Gasteiger charge is 2.09. The average molecular weight is 243 g/mol. The number of carbonyl (C=O) groups is 1. The van der Waals surface area contributed by atoms with Crippen molar-refractivity contribution in [2.45, 2.75) is 13.5 Å². The van der Waals surface area contributed by atoms with Crippen LogP contribution in [0.3, 0.4) is 0 Å². The van der Waals surface area contributed by atoms with Gasteiger partial charge in [0.25, 0.3) is 5.24 Å². The lowest BCUT2D eigenvalue weighted by Gasteiger charge is -2.00. The molecule has 0 aliphatic heterocycles. The summed E-state index contributed by atoms with van der Waals surface area (Å²) in [5.74, 6) is 0. The summed E-state index contributed by atoms with van der Waals surface area (Å²) in [5.41, 5.74) is 2.03. The monoisotopic (exact) mass is 242 g/mol. The first-order chi connectivity index (χ1) is 7.13. The van der Waals surface area contributed by atoms with Gasteiger partial charge in [0.1, 0.15) is 0 Å². The molecule has 0 N–H and O–H groups in total. The Morgan fingerprint density at radius 2 is 2.27 bits per heavy atom. The van der Waals surface area contributed by atoms with Crippen LogP contribution in [-0.4, -0.2) is 14.8 Å². The number of halogens is 2. The summed E-state index contributed by atoms with van der Waals surface area (Å²) in [6, 6.07) is 5.11. The van der Waals surface area contributed by atoms with Gasteiger partial charge in [-0.2, -0.15) is 0 Å². The van der Waals surface area contributed by atoms with E-state index in [4.69, 9.17) is 23.2 Å². The SMILES string of the molecule is CCn1c(Cl)nc2cc(C(=O)Cl)ccc21. The third-order valence-electron chi connectivity index (χ3n) is 2.24. The van der Waals surface area contributed by atoms with E-state index >= 15 is 0 Å². The summed E-state index contributed by atoms with van der Waals surface area (Å²) in [5, 5.41) is -0.0641. The van der Waals surface area contributed by atoms with Crippen LogP contribution in [0.1, 0.15) is 17.3 Å². The summed E-state index contributed by atoms with van der Waals surface area (Å²) in [6.07, 6.45) is 0. The molecule has 0 atom stereocenters. The quantitative estimate of drug-likeness (QED) is 0.759. The highest BCUT2D eigenvalue weighted by Crippen LogP contribution is 2.21. The van der Waals surface area contributed by atoms with Gasteiger partial charge in [0.15, 0.2) is 0 Å². The number of aromatic nitrogens is 2. The van der Waals surface area contributed by atoms with Crippen LogP contribution in [0.5, 0.6) is 0 Å². The number of rotatable bonds is 2. The Balaban J connectivity index is 2.69. The first-order valence-corrected chi connectivity index (χ1v) is 5.24. The van der Waals surface area contributed by atoms with Gasteiger partial charge in [0.2, 0.25) is 5.28 Å². The minimum Gasteiger partial charge on any atom is -0.315 e. The number of hydrogen-bond donors (Lipinski definition) is 0. The Morgan fingerprint density at radius 3 is 2.87 bits per heavy atom. The van der Waals surface area contributed by atoms with Crippen LogP contribution in [0, 0.1) is 0 Å². The normalized spacial score (nSPS) is 10.9. The summed E-state index contributed by atoms with van der Waals surface area (Å²) in [6.45, 7) is 2.72. The summed E-state index contributed by atoms with van der Waals surface area (Å²) in [4.78, 5) is 15.1. The van der Waals surface area contributed by atoms with E-state index in [-0.39, 0.29) is 0 Å². The fourth-order valence-electron chi connectivity index (χ4n) is 1.52. The van der Waals surface area contributed by atoms with Gasteiger partial charge in [0.05, 0.1) is 11.0 Å². The zero-order valence-electron chi connectivity index (χ0n) is 8.00. The topological polar surface area (TPSA) is 34.9 Å². The smallest absolute Gasteiger partial charge is 0.252 e. The number of carbonyl (C=O) groups excluding carboxylic acids is 1. The maximum atomic E-state index is 10.9. The van der Waals surface area contributed by atoms with Crippen molar-refractivity contribution in [1.29, 1.82) is 0 Å². The molecule has 1 aromatic carbocycles. The lowest BCUT2D eigenvalue weighted by atomic mass is 10.2. The van der Waals surface area contributed by atoms with Gasteiger partial charge in [-0.1, -0.05) is 0 Å². The Hall–Kier alpha value is -1.06. The largest absolute Gasteiger partial charge is 0.315 e. The molecule has 0 saturated heterocycles. The molecule has 0 spiro atoms. The van der Waals surface area contributed by atoms with Crippen molar-refractivity contribution in [2.75, 3.05) is 0 Å². The molecule has 1 aromatic heterocycles. The Bertz CT molecular complexity index is 533. The molecule has 2 rings (SSSR count). The molecule has 2 aromatic rings. The van der Waals surface area contributed by atoms with Crippen LogP contribution in [0.4, 0.5) is 0 Å². The third kappa shape index (κ3) is 1.73. The van der Waals surface area contributed by atoms with Gasteiger partial charge >= 0.3 is 0 Å². The fourth-order valence-corrected chi connectivity index (χ4v) is 1.94. The van der Waals surface area contributed by atoms with Crippen molar-refractivity contribution in [3.63, 3.8) is 0 Å². The standard InChI is InChI=1S/C10H8Cl2N2O/c1-2-14-8-4-3-6(9(11)15)5-7(8)13-10(14)12/h3-5H,2H2,1H3. The zero-order valence-corrected chi connectivity index (χ0v) is 9.51. The van der Waals surface area contributed by atoms with Gasteiger partial charge in [-0.05, 0) is 48.3 Å². The molecule has 5 heteroatoms. The molecule has 3 nitrogen and oxygen atoms in total. The molecule has 0 bridgehead atoms. The highest BCUT2D eigenvalue weighted by atomic mass is 35.5. The second-order valence-electron chi connectivity index (χ2n) is 3.10. The van der Waals surface area contributed by atoms with E-state index in [9.17, 15) is 4.79 Å². The van der Waals surface area contributed by atoms with Crippen molar-refractivity contribution >= 4 is 39.5 Å². The van der Waals surface area contributed by atoms with E-state index in [0.29, 0.717) is 16.4 Å². The Labute approximate surface area is 96.6 Å². The maximum absolute atomic E-state index is 10.9. The first-order valence-electron chi connectivity index (χ1n) is 4.49. The van der Waals surface area contributed by atoms with E-state index in [1.54, 1.807) is 18.2 Å². The number of aryl methyl sites for hydroxylation is 1. The molecule has 0 unspecified atom stereocenters. The molecular weight excluding hydrogens is 235 g/mol. The van der Waals surface area contributed by atoms with Crippen LogP contribution in [0.15, 0.2) is 18.2 Å². The zero-order chi connectivity index (χ0) is 11.0. The molecule has 0 fully saturated rings. The van der Waals surface area contributed by atoms with E-state index in [2.05, 4.69) is 4.98 Å². The number of benzene rings is 1. The molecular formula is C10H8Cl2N2O. The minimum atomic E-state index is -0.487. The van der Waals surface area contributed by atoms with Crippen LogP contribution in [0.25, 0.3) is 11.0 Å². The van der Waals surface area contributed by atoms with Gasteiger partial charge in [-0.3, -0.25) is 4.79 Å². The van der Waals surface area contributed by atoms with E-state index in [0.717, 1.165) is 12.1 Å². The van der Waals surface area contributed by atoms with Crippen molar-refractivity contribution in [3.05, 3.63) is 29.0 Å². The molecule has 15 heavy (non-hydrogen) atoms. The molecule has 0 saturated carbocycles. The fraction of sp³-hybridized carbons (Fsp3) is 0.200. The number of hydrogen-bond acceptors (Lipinski definition) is 2. The Morgan fingerprint density at radius 1 is 1.53 bits per heavy atom. The van der Waals surface area contributed by atoms with Gasteiger partial charge in [-0.15, -0.1) is 0 Å². The second kappa shape index (κ2) is 3.83. The lowest BCUT2D eigenvalue weighted by molar-refractivity contribution is 0.108. The molecule has 0 aliphatic carbocycles.